The molecule has 1 fully saturated rings. The third-order valence-electron chi connectivity index (χ3n) is 4.68. The standard InChI is InChI=1S/C21H21N3O3/c1-15-7-5-10-17(13-15)26-14-19(25)24-12-6-11-18(24)21-22-20(23-27-21)16-8-3-2-4-9-16/h2-5,7-10,13,18H,6,11-12,14H2,1H3/t18-/m0/s1. The molecule has 1 atom stereocenters. The van der Waals surface area contributed by atoms with Crippen LogP contribution in [0.4, 0.5) is 0 Å². The Balaban J connectivity index is 1.44. The van der Waals surface area contributed by atoms with E-state index in [2.05, 4.69) is 10.1 Å². The van der Waals surface area contributed by atoms with Gasteiger partial charge in [0.1, 0.15) is 11.8 Å². The van der Waals surface area contributed by atoms with Crippen LogP contribution >= 0.6 is 0 Å². The number of hydrogen-bond donors (Lipinski definition) is 0. The van der Waals surface area contributed by atoms with Gasteiger partial charge < -0.3 is 14.2 Å². The Morgan fingerprint density at radius 1 is 1.22 bits per heavy atom. The normalized spacial score (nSPS) is 16.5. The third-order valence-corrected chi connectivity index (χ3v) is 4.68. The number of aromatic nitrogens is 2. The molecule has 0 N–H and O–H groups in total. The van der Waals surface area contributed by atoms with Crippen LogP contribution in [-0.2, 0) is 4.79 Å². The zero-order chi connectivity index (χ0) is 18.6. The Morgan fingerprint density at radius 2 is 2.07 bits per heavy atom. The molecule has 1 aromatic heterocycles. The second-order valence-corrected chi connectivity index (χ2v) is 6.67. The van der Waals surface area contributed by atoms with E-state index in [1.54, 1.807) is 4.90 Å². The molecule has 1 aliphatic rings. The molecule has 6 heteroatoms. The second-order valence-electron chi connectivity index (χ2n) is 6.67. The molecule has 138 valence electrons. The third kappa shape index (κ3) is 3.84. The largest absolute Gasteiger partial charge is 0.484 e. The highest BCUT2D eigenvalue weighted by Gasteiger charge is 2.34. The number of hydrogen-bond acceptors (Lipinski definition) is 5. The number of carbonyl (C=O) groups is 1. The van der Waals surface area contributed by atoms with Crippen LogP contribution in [0.3, 0.4) is 0 Å². The monoisotopic (exact) mass is 363 g/mol. The highest BCUT2D eigenvalue weighted by atomic mass is 16.5. The fourth-order valence-electron chi connectivity index (χ4n) is 3.33. The van der Waals surface area contributed by atoms with E-state index < -0.39 is 0 Å². The van der Waals surface area contributed by atoms with Gasteiger partial charge in [0.15, 0.2) is 6.61 Å². The van der Waals surface area contributed by atoms with Gasteiger partial charge in [0.25, 0.3) is 5.91 Å². The van der Waals surface area contributed by atoms with Crippen LogP contribution in [-0.4, -0.2) is 34.1 Å². The molecule has 0 bridgehead atoms. The first-order chi connectivity index (χ1) is 13.2. The summed E-state index contributed by atoms with van der Waals surface area (Å²) in [6, 6.07) is 17.1. The number of rotatable bonds is 5. The molecule has 27 heavy (non-hydrogen) atoms. The van der Waals surface area contributed by atoms with Crippen LogP contribution in [0.25, 0.3) is 11.4 Å². The van der Waals surface area contributed by atoms with Gasteiger partial charge in [0.05, 0.1) is 0 Å². The fourth-order valence-corrected chi connectivity index (χ4v) is 3.33. The summed E-state index contributed by atoms with van der Waals surface area (Å²) in [5, 5.41) is 4.07. The van der Waals surface area contributed by atoms with Crippen molar-refractivity contribution in [1.82, 2.24) is 15.0 Å². The molecule has 1 aliphatic heterocycles. The van der Waals surface area contributed by atoms with Gasteiger partial charge >= 0.3 is 0 Å². The van der Waals surface area contributed by atoms with E-state index in [0.29, 0.717) is 24.0 Å². The van der Waals surface area contributed by atoms with Crippen molar-refractivity contribution in [3.63, 3.8) is 0 Å². The first kappa shape index (κ1) is 17.3. The van der Waals surface area contributed by atoms with E-state index in [1.807, 2.05) is 61.5 Å². The number of benzene rings is 2. The number of ether oxygens (including phenoxy) is 1. The van der Waals surface area contributed by atoms with Crippen molar-refractivity contribution in [2.45, 2.75) is 25.8 Å². The lowest BCUT2D eigenvalue weighted by Crippen LogP contribution is -2.34. The van der Waals surface area contributed by atoms with E-state index in [-0.39, 0.29) is 18.6 Å². The summed E-state index contributed by atoms with van der Waals surface area (Å²) < 4.78 is 11.1. The average molecular weight is 363 g/mol. The Morgan fingerprint density at radius 3 is 2.89 bits per heavy atom. The molecule has 3 aromatic rings. The lowest BCUT2D eigenvalue weighted by Gasteiger charge is -2.21. The van der Waals surface area contributed by atoms with E-state index >= 15 is 0 Å². The number of likely N-dealkylation sites (tertiary alicyclic amines) is 1. The van der Waals surface area contributed by atoms with Crippen LogP contribution in [0.2, 0.25) is 0 Å². The van der Waals surface area contributed by atoms with Crippen molar-refractivity contribution >= 4 is 5.91 Å². The Kier molecular flexibility index (Phi) is 4.87. The zero-order valence-electron chi connectivity index (χ0n) is 15.2. The zero-order valence-corrected chi connectivity index (χ0v) is 15.2. The van der Waals surface area contributed by atoms with Crippen molar-refractivity contribution < 1.29 is 14.1 Å². The van der Waals surface area contributed by atoms with Gasteiger partial charge in [0.2, 0.25) is 11.7 Å². The van der Waals surface area contributed by atoms with Gasteiger partial charge in [-0.25, -0.2) is 0 Å². The molecule has 4 rings (SSSR count). The summed E-state index contributed by atoms with van der Waals surface area (Å²) >= 11 is 0. The van der Waals surface area contributed by atoms with E-state index in [1.165, 1.54) is 0 Å². The number of aryl methyl sites for hydroxylation is 1. The molecule has 1 saturated heterocycles. The van der Waals surface area contributed by atoms with Gasteiger partial charge in [-0.15, -0.1) is 0 Å². The quantitative estimate of drug-likeness (QED) is 0.690. The minimum Gasteiger partial charge on any atom is -0.484 e. The first-order valence-corrected chi connectivity index (χ1v) is 9.09. The second kappa shape index (κ2) is 7.61. The van der Waals surface area contributed by atoms with Crippen molar-refractivity contribution in [3.05, 3.63) is 66.1 Å². The first-order valence-electron chi connectivity index (χ1n) is 9.09. The molecule has 0 saturated carbocycles. The smallest absolute Gasteiger partial charge is 0.261 e. The summed E-state index contributed by atoms with van der Waals surface area (Å²) in [6.45, 7) is 2.66. The minimum absolute atomic E-state index is 0.000364. The lowest BCUT2D eigenvalue weighted by atomic mass is 10.2. The highest BCUT2D eigenvalue weighted by molar-refractivity contribution is 5.78. The summed E-state index contributed by atoms with van der Waals surface area (Å²) in [5.41, 5.74) is 1.99. The Bertz CT molecular complexity index is 923. The molecule has 0 spiro atoms. The molecule has 2 aromatic carbocycles. The number of nitrogens with zero attached hydrogens (tertiary/aromatic N) is 3. The van der Waals surface area contributed by atoms with Crippen LogP contribution in [0.1, 0.15) is 30.3 Å². The molecule has 1 amide bonds. The topological polar surface area (TPSA) is 68.5 Å². The van der Waals surface area contributed by atoms with Gasteiger partial charge in [-0.05, 0) is 37.5 Å². The SMILES string of the molecule is Cc1cccc(OCC(=O)N2CCC[C@H]2c2nc(-c3ccccc3)no2)c1. The van der Waals surface area contributed by atoms with Crippen LogP contribution in [0.15, 0.2) is 59.1 Å². The number of amides is 1. The van der Waals surface area contributed by atoms with Crippen molar-refractivity contribution in [1.29, 1.82) is 0 Å². The molecule has 0 radical (unpaired) electrons. The fraction of sp³-hybridized carbons (Fsp3) is 0.286. The molecule has 0 unspecified atom stereocenters. The Hall–Kier alpha value is -3.15. The van der Waals surface area contributed by atoms with Crippen LogP contribution in [0, 0.1) is 6.92 Å². The molecule has 6 nitrogen and oxygen atoms in total. The van der Waals surface area contributed by atoms with Crippen LogP contribution in [0.5, 0.6) is 5.75 Å². The van der Waals surface area contributed by atoms with E-state index in [0.717, 1.165) is 24.0 Å². The van der Waals surface area contributed by atoms with Gasteiger partial charge in [-0.3, -0.25) is 4.79 Å². The van der Waals surface area contributed by atoms with Crippen molar-refractivity contribution in [2.75, 3.05) is 13.2 Å². The van der Waals surface area contributed by atoms with Gasteiger partial charge in [-0.2, -0.15) is 4.98 Å². The Labute approximate surface area is 157 Å². The maximum Gasteiger partial charge on any atom is 0.261 e. The molecular weight excluding hydrogens is 342 g/mol. The predicted molar refractivity (Wildman–Crippen MR) is 100 cm³/mol. The molecule has 0 aliphatic carbocycles. The maximum atomic E-state index is 12.7. The van der Waals surface area contributed by atoms with Crippen LogP contribution < -0.4 is 4.74 Å². The lowest BCUT2D eigenvalue weighted by molar-refractivity contribution is -0.134. The van der Waals surface area contributed by atoms with Gasteiger partial charge in [0, 0.05) is 12.1 Å². The molecule has 2 heterocycles. The summed E-state index contributed by atoms with van der Waals surface area (Å²) in [4.78, 5) is 19.0. The van der Waals surface area contributed by atoms with E-state index in [9.17, 15) is 4.79 Å². The summed E-state index contributed by atoms with van der Waals surface area (Å²) in [7, 11) is 0. The van der Waals surface area contributed by atoms with Crippen molar-refractivity contribution in [3.8, 4) is 17.1 Å². The highest BCUT2D eigenvalue weighted by Crippen LogP contribution is 2.32. The van der Waals surface area contributed by atoms with Crippen molar-refractivity contribution in [2.24, 2.45) is 0 Å². The number of carbonyl (C=O) groups excluding carboxylic acids is 1. The summed E-state index contributed by atoms with van der Waals surface area (Å²) in [6.07, 6.45) is 1.72. The van der Waals surface area contributed by atoms with E-state index in [4.69, 9.17) is 9.26 Å². The maximum absolute atomic E-state index is 12.7. The summed E-state index contributed by atoms with van der Waals surface area (Å²) in [5.74, 6) is 1.65. The minimum atomic E-state index is -0.191. The average Bonchev–Trinajstić information content (AvgIpc) is 3.36. The molecular formula is C21H21N3O3. The van der Waals surface area contributed by atoms with Gasteiger partial charge in [-0.1, -0.05) is 47.6 Å². The predicted octanol–water partition coefficient (Wildman–Crippen LogP) is 3.79.